The van der Waals surface area contributed by atoms with Crippen molar-refractivity contribution in [3.8, 4) is 0 Å². The Balaban J connectivity index is 1.43. The third-order valence-electron chi connectivity index (χ3n) is 11.5. The van der Waals surface area contributed by atoms with E-state index < -0.39 is 113 Å². The van der Waals surface area contributed by atoms with Crippen LogP contribution >= 0.6 is 0 Å². The summed E-state index contributed by atoms with van der Waals surface area (Å²) in [5, 5.41) is 50.5. The Kier molecular flexibility index (Phi) is 11.0. The molecule has 302 valence electrons. The van der Waals surface area contributed by atoms with Crippen LogP contribution in [0.2, 0.25) is 0 Å². The van der Waals surface area contributed by atoms with Crippen LogP contribution in [0.25, 0.3) is 0 Å². The van der Waals surface area contributed by atoms with Gasteiger partial charge in [0.1, 0.15) is 35.6 Å². The number of amides is 1. The lowest BCUT2D eigenvalue weighted by Crippen LogP contribution is -2.80. The van der Waals surface area contributed by atoms with Crippen molar-refractivity contribution in [2.75, 3.05) is 6.61 Å². The zero-order chi connectivity index (χ0) is 41.0. The number of Topliss-reactive ketones (excluding diaryl/α,β-unsaturated/α-hetero) is 1. The van der Waals surface area contributed by atoms with Crippen molar-refractivity contribution in [3.05, 3.63) is 82.9 Å². The number of ketones is 1. The van der Waals surface area contributed by atoms with Crippen molar-refractivity contribution in [2.45, 2.75) is 120 Å². The van der Waals surface area contributed by atoms with Gasteiger partial charge in [0.25, 0.3) is 0 Å². The van der Waals surface area contributed by atoms with Crippen molar-refractivity contribution in [1.29, 1.82) is 0 Å². The highest BCUT2D eigenvalue weighted by Gasteiger charge is 2.75. The fourth-order valence-electron chi connectivity index (χ4n) is 8.77. The van der Waals surface area contributed by atoms with E-state index in [4.69, 9.17) is 23.7 Å². The molecule has 6 rings (SSSR count). The van der Waals surface area contributed by atoms with Crippen molar-refractivity contribution < 1.29 is 68.1 Å². The van der Waals surface area contributed by atoms with Gasteiger partial charge in [0.05, 0.1) is 35.6 Å². The minimum Gasteiger partial charge on any atom is -0.456 e. The van der Waals surface area contributed by atoms with Gasteiger partial charge >= 0.3 is 24.0 Å². The number of benzene rings is 2. The van der Waals surface area contributed by atoms with Crippen LogP contribution < -0.4 is 5.32 Å². The number of aliphatic hydroxyl groups is 4. The quantitative estimate of drug-likeness (QED) is 0.148. The first-order valence-electron chi connectivity index (χ1n) is 18.5. The Hall–Kier alpha value is -4.67. The van der Waals surface area contributed by atoms with Crippen LogP contribution in [0.3, 0.4) is 0 Å². The summed E-state index contributed by atoms with van der Waals surface area (Å²) in [7, 11) is 0. The second-order valence-electron chi connectivity index (χ2n) is 16.4. The first-order valence-corrected chi connectivity index (χ1v) is 18.5. The topological polar surface area (TPSA) is 224 Å². The molecule has 3 aliphatic carbocycles. The molecule has 56 heavy (non-hydrogen) atoms. The molecule has 3 fully saturated rings. The molecule has 2 saturated carbocycles. The number of nitrogens with one attached hydrogen (secondary N) is 1. The minimum absolute atomic E-state index is 0.0521. The number of alkyl carbamates (subject to hydrolysis) is 1. The number of ether oxygens (including phenoxy) is 5. The second kappa shape index (κ2) is 15.0. The molecule has 1 aliphatic heterocycles. The highest BCUT2D eigenvalue weighted by Crippen LogP contribution is 2.60. The third-order valence-corrected chi connectivity index (χ3v) is 11.5. The van der Waals surface area contributed by atoms with E-state index in [0.29, 0.717) is 5.56 Å². The molecule has 3 unspecified atom stereocenters. The highest BCUT2D eigenvalue weighted by molar-refractivity contribution is 5.93. The smallest absolute Gasteiger partial charge is 0.408 e. The van der Waals surface area contributed by atoms with E-state index in [9.17, 15) is 44.4 Å². The monoisotopic (exact) mass is 779 g/mol. The van der Waals surface area contributed by atoms with Gasteiger partial charge < -0.3 is 49.4 Å². The number of hydrogen-bond donors (Lipinski definition) is 5. The van der Waals surface area contributed by atoms with Gasteiger partial charge in [-0.25, -0.2) is 14.4 Å². The Bertz CT molecular complexity index is 1890. The molecule has 1 heterocycles. The molecule has 0 radical (unpaired) electrons. The summed E-state index contributed by atoms with van der Waals surface area (Å²) in [6, 6.07) is 14.6. The molecule has 1 saturated heterocycles. The predicted molar refractivity (Wildman–Crippen MR) is 194 cm³/mol. The van der Waals surface area contributed by atoms with Crippen LogP contribution in [0.4, 0.5) is 4.79 Å². The number of rotatable bonds is 8. The molecule has 2 bridgehead atoms. The summed E-state index contributed by atoms with van der Waals surface area (Å²) in [6.45, 7) is 8.68. The summed E-state index contributed by atoms with van der Waals surface area (Å²) in [4.78, 5) is 68.1. The van der Waals surface area contributed by atoms with E-state index in [-0.39, 0.29) is 29.7 Å². The lowest BCUT2D eigenvalue weighted by molar-refractivity contribution is -0.340. The molecule has 2 aromatic rings. The van der Waals surface area contributed by atoms with Crippen molar-refractivity contribution in [2.24, 2.45) is 11.3 Å². The lowest BCUT2D eigenvalue weighted by atomic mass is 9.48. The molecular formula is C41H49NO14. The maximum Gasteiger partial charge on any atom is 0.408 e. The Morgan fingerprint density at radius 1 is 0.982 bits per heavy atom. The Morgan fingerprint density at radius 3 is 2.18 bits per heavy atom. The molecule has 0 spiro atoms. The first kappa shape index (κ1) is 41.0. The van der Waals surface area contributed by atoms with E-state index in [1.54, 1.807) is 69.3 Å². The second-order valence-corrected chi connectivity index (χ2v) is 16.4. The van der Waals surface area contributed by atoms with Gasteiger partial charge in [-0.3, -0.25) is 9.59 Å². The summed E-state index contributed by atoms with van der Waals surface area (Å²) in [5.74, 6) is -5.29. The number of fused-ring (bicyclic) bond motifs is 5. The highest BCUT2D eigenvalue weighted by atomic mass is 16.6. The number of aliphatic hydroxyl groups excluding tert-OH is 3. The molecule has 11 atom stereocenters. The van der Waals surface area contributed by atoms with Crippen molar-refractivity contribution in [1.82, 2.24) is 5.32 Å². The normalized spacial score (nSPS) is 33.5. The molecule has 2 aromatic carbocycles. The van der Waals surface area contributed by atoms with Crippen LogP contribution in [0.1, 0.15) is 82.8 Å². The number of carbonyl (C=O) groups excluding carboxylic acids is 5. The van der Waals surface area contributed by atoms with Gasteiger partial charge in [-0.2, -0.15) is 0 Å². The van der Waals surface area contributed by atoms with Gasteiger partial charge in [0.15, 0.2) is 17.5 Å². The number of esters is 3. The van der Waals surface area contributed by atoms with Crippen LogP contribution in [0.15, 0.2) is 71.8 Å². The molecule has 5 N–H and O–H groups in total. The van der Waals surface area contributed by atoms with Gasteiger partial charge in [0.2, 0.25) is 0 Å². The van der Waals surface area contributed by atoms with Crippen LogP contribution in [0.5, 0.6) is 0 Å². The summed E-state index contributed by atoms with van der Waals surface area (Å²) >= 11 is 0. The molecular weight excluding hydrogens is 730 g/mol. The molecule has 15 heteroatoms. The van der Waals surface area contributed by atoms with Crippen LogP contribution in [-0.2, 0) is 38.1 Å². The average Bonchev–Trinajstić information content (AvgIpc) is 3.13. The zero-order valence-electron chi connectivity index (χ0n) is 32.1. The van der Waals surface area contributed by atoms with Gasteiger partial charge in [-0.15, -0.1) is 0 Å². The number of carbonyl (C=O) groups is 5. The zero-order valence-corrected chi connectivity index (χ0v) is 32.1. The van der Waals surface area contributed by atoms with E-state index in [2.05, 4.69) is 5.32 Å². The average molecular weight is 780 g/mol. The molecule has 1 amide bonds. The molecule has 15 nitrogen and oxygen atoms in total. The Morgan fingerprint density at radius 2 is 1.61 bits per heavy atom. The summed E-state index contributed by atoms with van der Waals surface area (Å²) in [5.41, 5.74) is -6.29. The van der Waals surface area contributed by atoms with Gasteiger partial charge in [0, 0.05) is 26.2 Å². The standard InChI is InChI=1S/C41H49NO14/c1-21-25-18-40(51,19-26(21)53-36(49)31(46)29(23-13-9-7-10-14-23)42-37(50)56-38(3,4)5)34(54-35(48)24-15-11-8-12-16-24)32-39(6,33(47)30(25)45)27(44)17-28-41(32,20-52-28)55-22(2)43/h7-16,26-32,34,44-46,51H,17-20H2,1-6H3,(H,42,50)/t26-,27-,28?,29-,30+,31+,32?,34-,39?,40+,41-/m0/s1. The van der Waals surface area contributed by atoms with Gasteiger partial charge in [-0.1, -0.05) is 48.5 Å². The third kappa shape index (κ3) is 7.34. The van der Waals surface area contributed by atoms with E-state index in [1.165, 1.54) is 26.0 Å². The SMILES string of the molecule is CC(=O)O[C@@]12COC1C[C@H](O)C1(C)C(=O)[C@H](O)C3=C(C)[C@@H](OC(=O)[C@H](O)[C@@H](NC(=O)OC(C)(C)C)c4ccccc4)C[C@](O)(C3)[C@@H](OC(=O)c3ccccc3)C12. The largest absolute Gasteiger partial charge is 0.456 e. The van der Waals surface area contributed by atoms with Crippen molar-refractivity contribution in [3.63, 3.8) is 0 Å². The van der Waals surface area contributed by atoms with Crippen molar-refractivity contribution >= 4 is 29.8 Å². The van der Waals surface area contributed by atoms with Gasteiger partial charge in [-0.05, 0) is 63.5 Å². The number of hydrogen-bond acceptors (Lipinski definition) is 14. The summed E-state index contributed by atoms with van der Waals surface area (Å²) in [6.07, 6.45) is -11.7. The van der Waals surface area contributed by atoms with Crippen LogP contribution in [0, 0.1) is 11.3 Å². The maximum atomic E-state index is 14.7. The summed E-state index contributed by atoms with van der Waals surface area (Å²) < 4.78 is 29.1. The first-order chi connectivity index (χ1) is 26.2. The lowest BCUT2D eigenvalue weighted by Gasteiger charge is -2.65. The molecule has 4 aliphatic rings. The minimum atomic E-state index is -2.25. The fourth-order valence-corrected chi connectivity index (χ4v) is 8.77. The van der Waals surface area contributed by atoms with E-state index in [1.807, 2.05) is 0 Å². The maximum absolute atomic E-state index is 14.7. The predicted octanol–water partition coefficient (Wildman–Crippen LogP) is 2.62. The van der Waals surface area contributed by atoms with E-state index >= 15 is 0 Å². The van der Waals surface area contributed by atoms with E-state index in [0.717, 1.165) is 6.92 Å². The fraction of sp³-hybridized carbons (Fsp3) is 0.537. The Labute approximate surface area is 323 Å². The molecule has 0 aromatic heterocycles. The van der Waals surface area contributed by atoms with Crippen LogP contribution in [-0.4, -0.2) is 110 Å².